The molecular weight excluding hydrogens is 773 g/mol. The van der Waals surface area contributed by atoms with Crippen LogP contribution in [0.15, 0.2) is 144 Å². The van der Waals surface area contributed by atoms with E-state index in [9.17, 15) is 0 Å². The van der Waals surface area contributed by atoms with Gasteiger partial charge in [0.25, 0.3) is 0 Å². The maximum absolute atomic E-state index is 5.23. The molecule has 0 radical (unpaired) electrons. The standard InChI is InChI=1S/C55H54N8/c1-32(2)39-18-14-19-40(33(3)4)47(39)36-21-22-43-45(30-36)63-52-50(57-24-26-59-52)61(38-28-34(5)27-35(6)29-38)53(63)55(8)48(54(43,55)7)42-31-46-60(37-15-10-9-11-16-37)49-51(58-25-23-56-49)62(46)44-20-13-12-17-41(42)44/h9-12,14-19,21-30,32-33,46,53H,13,20,31H2,1-8H3/b48-42+. The average Bonchev–Trinajstić information content (AvgIpc) is 3.51. The fourth-order valence-electron chi connectivity index (χ4n) is 12.6. The van der Waals surface area contributed by atoms with Gasteiger partial charge in [0.15, 0.2) is 23.3 Å². The summed E-state index contributed by atoms with van der Waals surface area (Å²) in [6.07, 6.45) is 14.8. The quantitative estimate of drug-likeness (QED) is 0.170. The van der Waals surface area contributed by atoms with Crippen LogP contribution in [0.4, 0.5) is 40.3 Å². The first-order valence-electron chi connectivity index (χ1n) is 22.9. The molecular formula is C55H54N8. The van der Waals surface area contributed by atoms with E-state index in [0.29, 0.717) is 11.8 Å². The van der Waals surface area contributed by atoms with Crippen LogP contribution in [0.5, 0.6) is 0 Å². The minimum absolute atomic E-state index is 0.00743. The van der Waals surface area contributed by atoms with Gasteiger partial charge in [-0.25, -0.2) is 19.9 Å². The Morgan fingerprint density at radius 2 is 1.25 bits per heavy atom. The zero-order valence-corrected chi connectivity index (χ0v) is 37.6. The molecule has 0 spiro atoms. The zero-order valence-electron chi connectivity index (χ0n) is 37.6. The summed E-state index contributed by atoms with van der Waals surface area (Å²) in [4.78, 5) is 30.6. The Morgan fingerprint density at radius 3 is 1.90 bits per heavy atom. The van der Waals surface area contributed by atoms with E-state index in [1.165, 1.54) is 67.0 Å². The first-order valence-corrected chi connectivity index (χ1v) is 22.9. The van der Waals surface area contributed by atoms with Crippen LogP contribution in [0.25, 0.3) is 11.1 Å². The molecule has 0 amide bonds. The summed E-state index contributed by atoms with van der Waals surface area (Å²) in [6, 6.07) is 32.0. The lowest BCUT2D eigenvalue weighted by molar-refractivity contribution is 0.376. The predicted molar refractivity (Wildman–Crippen MR) is 255 cm³/mol. The third-order valence-corrected chi connectivity index (χ3v) is 15.3. The highest BCUT2D eigenvalue weighted by Gasteiger charge is 2.78. The highest BCUT2D eigenvalue weighted by Crippen LogP contribution is 2.80. The van der Waals surface area contributed by atoms with E-state index in [1.54, 1.807) is 0 Å². The Balaban J connectivity index is 1.14. The number of allylic oxidation sites excluding steroid dienone is 4. The van der Waals surface area contributed by atoms with Crippen molar-refractivity contribution >= 4 is 40.3 Å². The number of hydrogen-bond donors (Lipinski definition) is 0. The number of anilines is 7. The summed E-state index contributed by atoms with van der Waals surface area (Å²) < 4.78 is 0. The zero-order chi connectivity index (χ0) is 43.1. The van der Waals surface area contributed by atoms with Crippen molar-refractivity contribution in [3.8, 4) is 11.1 Å². The number of rotatable bonds is 5. The van der Waals surface area contributed by atoms with Crippen LogP contribution in [0.3, 0.4) is 0 Å². The van der Waals surface area contributed by atoms with Crippen LogP contribution >= 0.6 is 0 Å². The molecule has 4 aliphatic heterocycles. The van der Waals surface area contributed by atoms with Gasteiger partial charge in [0, 0.05) is 64.8 Å². The molecule has 0 N–H and O–H groups in total. The molecule has 4 aromatic carbocycles. The van der Waals surface area contributed by atoms with Crippen molar-refractivity contribution in [1.82, 2.24) is 19.9 Å². The molecule has 6 aromatic rings. The largest absolute Gasteiger partial charge is 0.305 e. The first kappa shape index (κ1) is 38.2. The maximum atomic E-state index is 5.23. The van der Waals surface area contributed by atoms with Crippen molar-refractivity contribution in [3.63, 3.8) is 0 Å². The smallest absolute Gasteiger partial charge is 0.178 e. The molecule has 4 unspecified atom stereocenters. The van der Waals surface area contributed by atoms with E-state index in [0.717, 1.165) is 53.9 Å². The van der Waals surface area contributed by atoms with Crippen molar-refractivity contribution < 1.29 is 0 Å². The molecule has 12 rings (SSSR count). The minimum Gasteiger partial charge on any atom is -0.305 e. The lowest BCUT2D eigenvalue weighted by atomic mass is 9.79. The van der Waals surface area contributed by atoms with E-state index in [2.05, 4.69) is 172 Å². The summed E-state index contributed by atoms with van der Waals surface area (Å²) in [5, 5.41) is 0. The highest BCUT2D eigenvalue weighted by molar-refractivity contribution is 5.94. The van der Waals surface area contributed by atoms with Crippen molar-refractivity contribution in [2.24, 2.45) is 5.41 Å². The Bertz CT molecular complexity index is 2950. The number of benzene rings is 4. The number of aromatic nitrogens is 4. The molecule has 63 heavy (non-hydrogen) atoms. The second kappa shape index (κ2) is 13.5. The molecule has 314 valence electrons. The summed E-state index contributed by atoms with van der Waals surface area (Å²) in [5.41, 5.74) is 17.7. The van der Waals surface area contributed by atoms with Gasteiger partial charge < -0.3 is 19.6 Å². The number of aryl methyl sites for hydroxylation is 2. The highest BCUT2D eigenvalue weighted by atomic mass is 15.5. The minimum atomic E-state index is -0.332. The van der Waals surface area contributed by atoms with Crippen LogP contribution in [0, 0.1) is 19.3 Å². The Hall–Kier alpha value is -6.54. The lowest BCUT2D eigenvalue weighted by Crippen LogP contribution is -2.50. The third kappa shape index (κ3) is 5.09. The van der Waals surface area contributed by atoms with Crippen LogP contribution in [-0.2, 0) is 5.41 Å². The summed E-state index contributed by atoms with van der Waals surface area (Å²) >= 11 is 0. The van der Waals surface area contributed by atoms with Gasteiger partial charge in [-0.05, 0) is 125 Å². The maximum Gasteiger partial charge on any atom is 0.178 e. The van der Waals surface area contributed by atoms with Gasteiger partial charge in [-0.1, -0.05) is 108 Å². The second-order valence-corrected chi connectivity index (χ2v) is 19.5. The normalized spacial score (nSPS) is 24.9. The number of para-hydroxylation sites is 1. The molecule has 2 aliphatic carbocycles. The van der Waals surface area contributed by atoms with Crippen LogP contribution < -0.4 is 19.6 Å². The van der Waals surface area contributed by atoms with Gasteiger partial charge in [-0.15, -0.1) is 0 Å². The second-order valence-electron chi connectivity index (χ2n) is 19.5. The van der Waals surface area contributed by atoms with Gasteiger partial charge in [0.1, 0.15) is 12.3 Å². The SMILES string of the molecule is Cc1cc(C)cc(N2c3nccnc3N3c4cc(-c5c(C(C)C)cccc5C(C)C)ccc4C4(C)/C(=C5/CC6N(C7=C5C=CCC7)c5nccnc5N6c5ccccc5)C4(C)C23)c1. The molecule has 8 nitrogen and oxygen atoms in total. The van der Waals surface area contributed by atoms with Gasteiger partial charge >= 0.3 is 0 Å². The molecule has 6 heterocycles. The van der Waals surface area contributed by atoms with E-state index >= 15 is 0 Å². The predicted octanol–water partition coefficient (Wildman–Crippen LogP) is 13.0. The Kier molecular flexibility index (Phi) is 8.17. The van der Waals surface area contributed by atoms with E-state index in [1.807, 2.05) is 24.8 Å². The van der Waals surface area contributed by atoms with Gasteiger partial charge in [-0.2, -0.15) is 0 Å². The van der Waals surface area contributed by atoms with Gasteiger partial charge in [0.05, 0.1) is 0 Å². The molecule has 6 aliphatic rings. The van der Waals surface area contributed by atoms with Crippen LogP contribution in [0.1, 0.15) is 100 Å². The number of hydrogen-bond acceptors (Lipinski definition) is 8. The molecule has 2 aromatic heterocycles. The molecule has 1 saturated carbocycles. The van der Waals surface area contributed by atoms with E-state index in [-0.39, 0.29) is 23.2 Å². The number of nitrogens with zero attached hydrogens (tertiary/aromatic N) is 8. The monoisotopic (exact) mass is 826 g/mol. The Morgan fingerprint density at radius 1 is 0.635 bits per heavy atom. The number of fused-ring (bicyclic) bond motifs is 12. The summed E-state index contributed by atoms with van der Waals surface area (Å²) in [6.45, 7) is 18.8. The molecule has 8 heteroatoms. The Labute approximate surface area is 371 Å². The summed E-state index contributed by atoms with van der Waals surface area (Å²) in [5.74, 6) is 4.43. The molecule has 0 saturated heterocycles. The molecule has 4 atom stereocenters. The van der Waals surface area contributed by atoms with Crippen molar-refractivity contribution in [1.29, 1.82) is 0 Å². The van der Waals surface area contributed by atoms with E-state index in [4.69, 9.17) is 19.9 Å². The van der Waals surface area contributed by atoms with Gasteiger partial charge in [-0.3, -0.25) is 0 Å². The lowest BCUT2D eigenvalue weighted by Gasteiger charge is -2.43. The third-order valence-electron chi connectivity index (χ3n) is 15.3. The molecule has 1 fully saturated rings. The van der Waals surface area contributed by atoms with E-state index < -0.39 is 0 Å². The van der Waals surface area contributed by atoms with Crippen LogP contribution in [-0.4, -0.2) is 32.3 Å². The van der Waals surface area contributed by atoms with Crippen LogP contribution in [0.2, 0.25) is 0 Å². The fourth-order valence-corrected chi connectivity index (χ4v) is 12.6. The van der Waals surface area contributed by atoms with Crippen molar-refractivity contribution in [2.45, 2.75) is 104 Å². The van der Waals surface area contributed by atoms with Crippen molar-refractivity contribution in [3.05, 3.63) is 172 Å². The average molecular weight is 827 g/mol. The fraction of sp³-hybridized carbons (Fsp3) is 0.309. The van der Waals surface area contributed by atoms with Gasteiger partial charge in [0.2, 0.25) is 0 Å². The topological polar surface area (TPSA) is 64.5 Å². The first-order chi connectivity index (χ1) is 30.5. The summed E-state index contributed by atoms with van der Waals surface area (Å²) in [7, 11) is 0. The van der Waals surface area contributed by atoms with Crippen molar-refractivity contribution in [2.75, 3.05) is 19.6 Å². The molecule has 0 bridgehead atoms.